The van der Waals surface area contributed by atoms with Gasteiger partial charge in [0, 0.05) is 18.3 Å². The number of aromatic nitrogens is 1. The quantitative estimate of drug-likeness (QED) is 0.685. The van der Waals surface area contributed by atoms with Gasteiger partial charge in [-0.15, -0.1) is 0 Å². The summed E-state index contributed by atoms with van der Waals surface area (Å²) in [5.41, 5.74) is 1.10. The molecule has 0 aliphatic carbocycles. The van der Waals surface area contributed by atoms with Crippen LogP contribution in [-0.2, 0) is 6.42 Å². The fourth-order valence-corrected chi connectivity index (χ4v) is 1.94. The zero-order valence-corrected chi connectivity index (χ0v) is 13.5. The highest BCUT2D eigenvalue weighted by Crippen LogP contribution is 2.11. The van der Waals surface area contributed by atoms with Gasteiger partial charge in [-0.2, -0.15) is 0 Å². The predicted octanol–water partition coefficient (Wildman–Crippen LogP) is 2.87. The first-order valence-corrected chi connectivity index (χ1v) is 7.62. The van der Waals surface area contributed by atoms with Crippen LogP contribution in [0.2, 0.25) is 0 Å². The minimum Gasteiger partial charge on any atom is -0.478 e. The van der Waals surface area contributed by atoms with Crippen molar-refractivity contribution in [3.8, 4) is 0 Å². The van der Waals surface area contributed by atoms with E-state index < -0.39 is 5.97 Å². The number of carbonyl (C=O) groups is 1. The van der Waals surface area contributed by atoms with Crippen LogP contribution in [-0.4, -0.2) is 47.1 Å². The normalized spacial score (nSPS) is 11.1. The molecule has 1 aromatic rings. The fraction of sp³-hybridized carbons (Fsp3) is 0.625. The van der Waals surface area contributed by atoms with Gasteiger partial charge in [-0.25, -0.2) is 9.78 Å². The summed E-state index contributed by atoms with van der Waals surface area (Å²) < 4.78 is 0. The summed E-state index contributed by atoms with van der Waals surface area (Å²) in [5, 5.41) is 12.3. The lowest BCUT2D eigenvalue weighted by Crippen LogP contribution is -2.27. The summed E-state index contributed by atoms with van der Waals surface area (Å²) in [6.07, 6.45) is 2.88. The molecule has 0 aromatic carbocycles. The number of unbranched alkanes of at least 4 members (excludes halogenated alkanes) is 1. The van der Waals surface area contributed by atoms with Crippen molar-refractivity contribution in [2.24, 2.45) is 0 Å². The summed E-state index contributed by atoms with van der Waals surface area (Å²) in [7, 11) is 2.13. The molecule has 0 radical (unpaired) electrons. The van der Waals surface area contributed by atoms with E-state index in [1.807, 2.05) is 6.92 Å². The van der Waals surface area contributed by atoms with Gasteiger partial charge in [0.2, 0.25) is 0 Å². The van der Waals surface area contributed by atoms with Crippen molar-refractivity contribution in [2.45, 2.75) is 46.1 Å². The van der Waals surface area contributed by atoms with E-state index >= 15 is 0 Å². The standard InChI is InChI=1S/C16H27N3O2/c1-5-14-10-13(16(20)21)11-15(18-14)17-8-6-7-9-19(4)12(2)3/h10-12H,5-9H2,1-4H3,(H,17,18)(H,20,21). The second-order valence-electron chi connectivity index (χ2n) is 5.60. The number of nitrogens with one attached hydrogen (secondary N) is 1. The van der Waals surface area contributed by atoms with E-state index in [4.69, 9.17) is 5.11 Å². The topological polar surface area (TPSA) is 65.5 Å². The maximum atomic E-state index is 11.1. The molecule has 21 heavy (non-hydrogen) atoms. The van der Waals surface area contributed by atoms with Gasteiger partial charge in [-0.1, -0.05) is 6.92 Å². The van der Waals surface area contributed by atoms with Gasteiger partial charge in [-0.3, -0.25) is 0 Å². The van der Waals surface area contributed by atoms with Crippen LogP contribution in [0, 0.1) is 0 Å². The van der Waals surface area contributed by atoms with Gasteiger partial charge in [0.25, 0.3) is 0 Å². The number of anilines is 1. The summed E-state index contributed by atoms with van der Waals surface area (Å²) in [5.74, 6) is -0.252. The molecule has 0 aliphatic rings. The van der Waals surface area contributed by atoms with E-state index in [0.29, 0.717) is 17.4 Å². The number of pyridine rings is 1. The molecule has 0 aliphatic heterocycles. The lowest BCUT2D eigenvalue weighted by molar-refractivity contribution is 0.0696. The highest BCUT2D eigenvalue weighted by molar-refractivity contribution is 5.88. The zero-order valence-electron chi connectivity index (χ0n) is 13.5. The summed E-state index contributed by atoms with van der Waals surface area (Å²) in [6, 6.07) is 3.80. The van der Waals surface area contributed by atoms with Crippen LogP contribution in [0.3, 0.4) is 0 Å². The maximum Gasteiger partial charge on any atom is 0.335 e. The molecular weight excluding hydrogens is 266 g/mol. The molecular formula is C16H27N3O2. The third-order valence-electron chi connectivity index (χ3n) is 3.61. The van der Waals surface area contributed by atoms with E-state index in [0.717, 1.165) is 38.0 Å². The fourth-order valence-electron chi connectivity index (χ4n) is 1.94. The lowest BCUT2D eigenvalue weighted by atomic mass is 10.2. The molecule has 0 fully saturated rings. The molecule has 5 nitrogen and oxygen atoms in total. The zero-order chi connectivity index (χ0) is 15.8. The molecule has 0 spiro atoms. The summed E-state index contributed by atoms with van der Waals surface area (Å²) in [6.45, 7) is 8.23. The van der Waals surface area contributed by atoms with Crippen molar-refractivity contribution >= 4 is 11.8 Å². The second-order valence-corrected chi connectivity index (χ2v) is 5.60. The molecule has 118 valence electrons. The van der Waals surface area contributed by atoms with Crippen molar-refractivity contribution in [1.29, 1.82) is 0 Å². The minimum absolute atomic E-state index is 0.295. The Morgan fingerprint density at radius 1 is 1.38 bits per heavy atom. The number of carboxylic acid groups (broad SMARTS) is 1. The Hall–Kier alpha value is -1.62. The van der Waals surface area contributed by atoms with Crippen molar-refractivity contribution in [3.63, 3.8) is 0 Å². The van der Waals surface area contributed by atoms with Crippen LogP contribution in [0.1, 0.15) is 49.7 Å². The second kappa shape index (κ2) is 8.62. The van der Waals surface area contributed by atoms with E-state index in [1.165, 1.54) is 0 Å². The highest BCUT2D eigenvalue weighted by Gasteiger charge is 2.07. The maximum absolute atomic E-state index is 11.1. The number of carboxylic acids is 1. The number of aryl methyl sites for hydroxylation is 1. The number of hydrogen-bond donors (Lipinski definition) is 2. The Bertz CT molecular complexity index is 461. The summed E-state index contributed by atoms with van der Waals surface area (Å²) >= 11 is 0. The third kappa shape index (κ3) is 6.12. The van der Waals surface area contributed by atoms with Crippen molar-refractivity contribution in [1.82, 2.24) is 9.88 Å². The molecule has 0 bridgehead atoms. The predicted molar refractivity (Wildman–Crippen MR) is 86.1 cm³/mol. The van der Waals surface area contributed by atoms with Crippen LogP contribution in [0.4, 0.5) is 5.82 Å². The SMILES string of the molecule is CCc1cc(C(=O)O)cc(NCCCCN(C)C(C)C)n1. The Morgan fingerprint density at radius 3 is 2.67 bits per heavy atom. The van der Waals surface area contributed by atoms with Crippen molar-refractivity contribution in [3.05, 3.63) is 23.4 Å². The molecule has 1 aromatic heterocycles. The first kappa shape index (κ1) is 17.4. The number of aromatic carboxylic acids is 1. The van der Waals surface area contributed by atoms with Gasteiger partial charge < -0.3 is 15.3 Å². The first-order chi connectivity index (χ1) is 9.93. The Morgan fingerprint density at radius 2 is 2.10 bits per heavy atom. The first-order valence-electron chi connectivity index (χ1n) is 7.62. The minimum atomic E-state index is -0.909. The van der Waals surface area contributed by atoms with Crippen LogP contribution >= 0.6 is 0 Å². The molecule has 0 unspecified atom stereocenters. The molecule has 5 heteroatoms. The van der Waals surface area contributed by atoms with Gasteiger partial charge >= 0.3 is 5.97 Å². The van der Waals surface area contributed by atoms with Gasteiger partial charge in [-0.05, 0) is 58.8 Å². The Kier molecular flexibility index (Phi) is 7.15. The Balaban J connectivity index is 2.44. The molecule has 0 saturated carbocycles. The van der Waals surface area contributed by atoms with Crippen LogP contribution < -0.4 is 5.32 Å². The molecule has 0 amide bonds. The largest absolute Gasteiger partial charge is 0.478 e. The molecule has 0 saturated heterocycles. The van der Waals surface area contributed by atoms with E-state index in [9.17, 15) is 4.79 Å². The number of rotatable bonds is 9. The Labute approximate surface area is 127 Å². The van der Waals surface area contributed by atoms with Gasteiger partial charge in [0.15, 0.2) is 0 Å². The van der Waals surface area contributed by atoms with E-state index in [1.54, 1.807) is 12.1 Å². The molecule has 1 heterocycles. The highest BCUT2D eigenvalue weighted by atomic mass is 16.4. The van der Waals surface area contributed by atoms with E-state index in [2.05, 4.69) is 36.1 Å². The van der Waals surface area contributed by atoms with Crippen LogP contribution in [0.25, 0.3) is 0 Å². The van der Waals surface area contributed by atoms with Crippen molar-refractivity contribution in [2.75, 3.05) is 25.5 Å². The third-order valence-corrected chi connectivity index (χ3v) is 3.61. The molecule has 0 atom stereocenters. The van der Waals surface area contributed by atoms with Crippen molar-refractivity contribution < 1.29 is 9.90 Å². The number of hydrogen-bond acceptors (Lipinski definition) is 4. The number of nitrogens with zero attached hydrogens (tertiary/aromatic N) is 2. The smallest absolute Gasteiger partial charge is 0.335 e. The lowest BCUT2D eigenvalue weighted by Gasteiger charge is -2.20. The van der Waals surface area contributed by atoms with E-state index in [-0.39, 0.29) is 0 Å². The monoisotopic (exact) mass is 293 g/mol. The molecule has 1 rings (SSSR count). The van der Waals surface area contributed by atoms with Gasteiger partial charge in [0.05, 0.1) is 5.56 Å². The average Bonchev–Trinajstić information content (AvgIpc) is 2.46. The van der Waals surface area contributed by atoms with Gasteiger partial charge in [0.1, 0.15) is 5.82 Å². The molecule has 2 N–H and O–H groups in total. The van der Waals surface area contributed by atoms with Crippen LogP contribution in [0.15, 0.2) is 12.1 Å². The van der Waals surface area contributed by atoms with Crippen LogP contribution in [0.5, 0.6) is 0 Å². The summed E-state index contributed by atoms with van der Waals surface area (Å²) in [4.78, 5) is 17.8. The average molecular weight is 293 g/mol.